The highest BCUT2D eigenvalue weighted by Crippen LogP contribution is 2.23. The fraction of sp³-hybridized carbons (Fsp3) is 0. The van der Waals surface area contributed by atoms with Crippen molar-refractivity contribution in [3.05, 3.63) is 50.7 Å². The minimum Gasteiger partial charge on any atom is -0.290 e. The van der Waals surface area contributed by atoms with Crippen LogP contribution in [0.5, 0.6) is 0 Å². The quantitative estimate of drug-likeness (QED) is 0.841. The molecule has 1 aromatic carbocycles. The molecule has 1 N–H and O–H groups in total. The van der Waals surface area contributed by atoms with Gasteiger partial charge in [-0.2, -0.15) is 0 Å². The van der Waals surface area contributed by atoms with Gasteiger partial charge in [0.1, 0.15) is 5.15 Å². The maximum absolute atomic E-state index is 11.9. The number of aromatic nitrogens is 2. The molecule has 0 bridgehead atoms. The Morgan fingerprint density at radius 2 is 2.06 bits per heavy atom. The number of benzene rings is 1. The molecule has 1 amide bonds. The smallest absolute Gasteiger partial charge is 0.258 e. The van der Waals surface area contributed by atoms with Crippen molar-refractivity contribution in [3.8, 4) is 0 Å². The number of carbonyl (C=O) groups excluding carboxylic acids is 1. The lowest BCUT2D eigenvalue weighted by atomic mass is 10.2. The molecule has 92 valence electrons. The largest absolute Gasteiger partial charge is 0.290 e. The zero-order valence-corrected chi connectivity index (χ0v) is 11.9. The minimum absolute atomic E-state index is 0.151. The Hall–Kier alpha value is -1.17. The van der Waals surface area contributed by atoms with E-state index in [2.05, 4.69) is 31.2 Å². The predicted molar refractivity (Wildman–Crippen MR) is 74.1 cm³/mol. The standard InChI is InChI=1S/C11H6BrCl2N3O/c12-7-5-6(1-2-8(7)13)10(18)17-11-15-4-3-9(14)16-11/h1-5H,(H,15,16,17,18). The molecule has 0 spiro atoms. The first-order valence-corrected chi connectivity index (χ1v) is 6.36. The second kappa shape index (κ2) is 5.65. The van der Waals surface area contributed by atoms with E-state index in [1.165, 1.54) is 12.3 Å². The van der Waals surface area contributed by atoms with Crippen molar-refractivity contribution in [2.75, 3.05) is 5.32 Å². The van der Waals surface area contributed by atoms with E-state index in [0.29, 0.717) is 15.1 Å². The van der Waals surface area contributed by atoms with Gasteiger partial charge in [-0.15, -0.1) is 0 Å². The molecule has 0 saturated carbocycles. The number of nitrogens with zero attached hydrogens (tertiary/aromatic N) is 2. The average Bonchev–Trinajstić information content (AvgIpc) is 2.32. The van der Waals surface area contributed by atoms with Crippen LogP contribution in [0.3, 0.4) is 0 Å². The Morgan fingerprint density at radius 3 is 2.72 bits per heavy atom. The van der Waals surface area contributed by atoms with Gasteiger partial charge in [-0.05, 0) is 40.2 Å². The lowest BCUT2D eigenvalue weighted by molar-refractivity contribution is 0.102. The topological polar surface area (TPSA) is 54.9 Å². The Bertz CT molecular complexity index is 607. The summed E-state index contributed by atoms with van der Waals surface area (Å²) in [6, 6.07) is 6.37. The lowest BCUT2D eigenvalue weighted by Gasteiger charge is -2.04. The summed E-state index contributed by atoms with van der Waals surface area (Å²) < 4.78 is 0.642. The van der Waals surface area contributed by atoms with Gasteiger partial charge >= 0.3 is 0 Å². The normalized spacial score (nSPS) is 10.2. The van der Waals surface area contributed by atoms with E-state index in [-0.39, 0.29) is 17.0 Å². The van der Waals surface area contributed by atoms with Crippen molar-refractivity contribution in [2.45, 2.75) is 0 Å². The van der Waals surface area contributed by atoms with Crippen LogP contribution < -0.4 is 5.32 Å². The molecular formula is C11H6BrCl2N3O. The van der Waals surface area contributed by atoms with Gasteiger partial charge < -0.3 is 0 Å². The Balaban J connectivity index is 2.19. The molecule has 1 heterocycles. The molecule has 0 aliphatic heterocycles. The number of halogens is 3. The van der Waals surface area contributed by atoms with Gasteiger partial charge in [0.2, 0.25) is 5.95 Å². The third-order valence-electron chi connectivity index (χ3n) is 2.03. The number of amides is 1. The van der Waals surface area contributed by atoms with Crippen molar-refractivity contribution >= 4 is 51.0 Å². The highest BCUT2D eigenvalue weighted by atomic mass is 79.9. The second-order valence-electron chi connectivity index (χ2n) is 3.29. The van der Waals surface area contributed by atoms with Crippen molar-refractivity contribution in [2.24, 2.45) is 0 Å². The zero-order valence-electron chi connectivity index (χ0n) is 8.82. The Labute approximate surface area is 121 Å². The van der Waals surface area contributed by atoms with Crippen LogP contribution in [0.1, 0.15) is 10.4 Å². The molecule has 18 heavy (non-hydrogen) atoms. The van der Waals surface area contributed by atoms with Crippen LogP contribution in [0.15, 0.2) is 34.9 Å². The summed E-state index contributed by atoms with van der Waals surface area (Å²) in [5.74, 6) is -0.187. The van der Waals surface area contributed by atoms with E-state index in [0.717, 1.165) is 0 Å². The fourth-order valence-electron chi connectivity index (χ4n) is 1.21. The average molecular weight is 347 g/mol. The molecule has 2 aromatic rings. The molecule has 0 saturated heterocycles. The summed E-state index contributed by atoms with van der Waals surface area (Å²) >= 11 is 14.8. The number of anilines is 1. The van der Waals surface area contributed by atoms with Gasteiger partial charge in [0.05, 0.1) is 5.02 Å². The summed E-state index contributed by atoms with van der Waals surface area (Å²) in [5.41, 5.74) is 0.440. The summed E-state index contributed by atoms with van der Waals surface area (Å²) in [5, 5.41) is 3.33. The molecule has 0 radical (unpaired) electrons. The van der Waals surface area contributed by atoms with Crippen LogP contribution in [0.2, 0.25) is 10.2 Å². The molecule has 0 atom stereocenters. The van der Waals surface area contributed by atoms with Gasteiger partial charge in [0.15, 0.2) is 0 Å². The monoisotopic (exact) mass is 345 g/mol. The molecule has 0 aliphatic rings. The van der Waals surface area contributed by atoms with E-state index in [1.807, 2.05) is 0 Å². The molecule has 4 nitrogen and oxygen atoms in total. The fourth-order valence-corrected chi connectivity index (χ4v) is 1.84. The van der Waals surface area contributed by atoms with Crippen LogP contribution in [-0.4, -0.2) is 15.9 Å². The van der Waals surface area contributed by atoms with Crippen LogP contribution in [0.25, 0.3) is 0 Å². The number of hydrogen-bond donors (Lipinski definition) is 1. The van der Waals surface area contributed by atoms with Gasteiger partial charge in [0, 0.05) is 16.2 Å². The number of nitrogens with one attached hydrogen (secondary N) is 1. The van der Waals surface area contributed by atoms with Crippen LogP contribution >= 0.6 is 39.1 Å². The first-order valence-electron chi connectivity index (χ1n) is 4.81. The van der Waals surface area contributed by atoms with Gasteiger partial charge in [-0.3, -0.25) is 10.1 Å². The van der Waals surface area contributed by atoms with Crippen molar-refractivity contribution in [3.63, 3.8) is 0 Å². The molecule has 7 heteroatoms. The van der Waals surface area contributed by atoms with Crippen LogP contribution in [0.4, 0.5) is 5.95 Å². The molecule has 0 unspecified atom stereocenters. The van der Waals surface area contributed by atoms with E-state index in [1.54, 1.807) is 18.2 Å². The van der Waals surface area contributed by atoms with Gasteiger partial charge in [-0.1, -0.05) is 23.2 Å². The van der Waals surface area contributed by atoms with Crippen molar-refractivity contribution < 1.29 is 4.79 Å². The van der Waals surface area contributed by atoms with Gasteiger partial charge in [-0.25, -0.2) is 9.97 Å². The predicted octanol–water partition coefficient (Wildman–Crippen LogP) is 3.80. The van der Waals surface area contributed by atoms with Crippen LogP contribution in [0, 0.1) is 0 Å². The number of rotatable bonds is 2. The summed E-state index contributed by atoms with van der Waals surface area (Å²) in [6.45, 7) is 0. The summed E-state index contributed by atoms with van der Waals surface area (Å²) in [4.78, 5) is 19.6. The third-order valence-corrected chi connectivity index (χ3v) is 3.45. The third kappa shape index (κ3) is 3.19. The van der Waals surface area contributed by atoms with E-state index in [9.17, 15) is 4.79 Å². The maximum Gasteiger partial charge on any atom is 0.258 e. The SMILES string of the molecule is O=C(Nc1nccc(Cl)n1)c1ccc(Cl)c(Br)c1. The maximum atomic E-state index is 11.9. The summed E-state index contributed by atoms with van der Waals surface area (Å²) in [6.07, 6.45) is 1.46. The van der Waals surface area contributed by atoms with E-state index < -0.39 is 0 Å². The van der Waals surface area contributed by atoms with E-state index in [4.69, 9.17) is 23.2 Å². The molecular weight excluding hydrogens is 341 g/mol. The Morgan fingerprint density at radius 1 is 1.28 bits per heavy atom. The van der Waals surface area contributed by atoms with Crippen molar-refractivity contribution in [1.82, 2.24) is 9.97 Å². The Kier molecular flexibility index (Phi) is 4.16. The van der Waals surface area contributed by atoms with Gasteiger partial charge in [0.25, 0.3) is 5.91 Å². The van der Waals surface area contributed by atoms with Crippen LogP contribution in [-0.2, 0) is 0 Å². The van der Waals surface area contributed by atoms with Crippen molar-refractivity contribution in [1.29, 1.82) is 0 Å². The zero-order chi connectivity index (χ0) is 13.1. The molecule has 2 rings (SSSR count). The first kappa shape index (κ1) is 13.3. The first-order chi connectivity index (χ1) is 8.56. The minimum atomic E-state index is -0.338. The second-order valence-corrected chi connectivity index (χ2v) is 4.93. The molecule has 0 fully saturated rings. The highest BCUT2D eigenvalue weighted by Gasteiger charge is 2.09. The number of carbonyl (C=O) groups is 1. The molecule has 0 aliphatic carbocycles. The summed E-state index contributed by atoms with van der Waals surface area (Å²) in [7, 11) is 0. The highest BCUT2D eigenvalue weighted by molar-refractivity contribution is 9.10. The lowest BCUT2D eigenvalue weighted by Crippen LogP contribution is -2.14. The van der Waals surface area contributed by atoms with E-state index >= 15 is 0 Å². The molecule has 1 aromatic heterocycles. The number of hydrogen-bond acceptors (Lipinski definition) is 3.